The van der Waals surface area contributed by atoms with Crippen LogP contribution in [0.1, 0.15) is 33.9 Å². The van der Waals surface area contributed by atoms with E-state index in [2.05, 4.69) is 4.98 Å². The molecule has 4 nitrogen and oxygen atoms in total. The summed E-state index contributed by atoms with van der Waals surface area (Å²) < 4.78 is 47.4. The van der Waals surface area contributed by atoms with Crippen LogP contribution in [0.25, 0.3) is 22.0 Å². The number of aliphatic hydroxyl groups excluding tert-OH is 2. The van der Waals surface area contributed by atoms with E-state index in [1.807, 2.05) is 54.6 Å². The molecule has 2 N–H and O–H groups in total. The predicted molar refractivity (Wildman–Crippen MR) is 144 cm³/mol. The van der Waals surface area contributed by atoms with Gasteiger partial charge < -0.3 is 14.9 Å². The van der Waals surface area contributed by atoms with Crippen molar-refractivity contribution in [2.24, 2.45) is 0 Å². The predicted octanol–water partition coefficient (Wildman–Crippen LogP) is 7.12. The SMILES string of the molecule is OCC(O)c1ccc(OCc2cccc(-c3c(Cc4ccccc4)cnc4c(C(F)(F)F)cccc34)c2)cc1. The molecule has 0 bridgehead atoms. The normalized spacial score (nSPS) is 12.4. The van der Waals surface area contributed by atoms with E-state index in [0.29, 0.717) is 28.7 Å². The van der Waals surface area contributed by atoms with E-state index >= 15 is 0 Å². The van der Waals surface area contributed by atoms with Crippen molar-refractivity contribution in [1.82, 2.24) is 4.98 Å². The van der Waals surface area contributed by atoms with Crippen LogP contribution >= 0.6 is 0 Å². The molecule has 0 radical (unpaired) electrons. The molecule has 198 valence electrons. The Labute approximate surface area is 224 Å². The maximum absolute atomic E-state index is 13.8. The summed E-state index contributed by atoms with van der Waals surface area (Å²) in [4.78, 5) is 4.28. The fraction of sp³-hybridized carbons (Fsp3) is 0.156. The first-order chi connectivity index (χ1) is 18.8. The van der Waals surface area contributed by atoms with Crippen LogP contribution in [0.5, 0.6) is 5.75 Å². The number of fused-ring (bicyclic) bond motifs is 1. The number of ether oxygens (including phenoxy) is 1. The quantitative estimate of drug-likeness (QED) is 0.225. The Hall–Kier alpha value is -4.20. The molecule has 0 fully saturated rings. The van der Waals surface area contributed by atoms with Crippen molar-refractivity contribution in [2.75, 3.05) is 6.61 Å². The van der Waals surface area contributed by atoms with Gasteiger partial charge in [0.25, 0.3) is 0 Å². The summed E-state index contributed by atoms with van der Waals surface area (Å²) in [5.41, 5.74) is 3.92. The number of nitrogens with zero attached hydrogens (tertiary/aromatic N) is 1. The van der Waals surface area contributed by atoms with Crippen LogP contribution in [0.3, 0.4) is 0 Å². The standard InChI is InChI=1S/C32H26F3NO3/c33-32(34,35)28-11-5-10-27-30(25(18-36-31(27)28)16-21-6-2-1-3-7-21)24-9-4-8-22(17-24)20-39-26-14-12-23(13-15-26)29(38)19-37/h1-15,17-18,29,37-38H,16,19-20H2. The summed E-state index contributed by atoms with van der Waals surface area (Å²) in [5, 5.41) is 19.3. The molecule has 0 saturated heterocycles. The molecular weight excluding hydrogens is 503 g/mol. The van der Waals surface area contributed by atoms with Crippen LogP contribution in [0.15, 0.2) is 103 Å². The lowest BCUT2D eigenvalue weighted by Gasteiger charge is -2.17. The lowest BCUT2D eigenvalue weighted by Crippen LogP contribution is -2.07. The number of halogens is 3. The van der Waals surface area contributed by atoms with Gasteiger partial charge in [0, 0.05) is 11.6 Å². The third-order valence-corrected chi connectivity index (χ3v) is 6.58. The smallest absolute Gasteiger partial charge is 0.418 e. The maximum Gasteiger partial charge on any atom is 0.418 e. The van der Waals surface area contributed by atoms with E-state index in [0.717, 1.165) is 28.3 Å². The maximum atomic E-state index is 13.8. The van der Waals surface area contributed by atoms with Gasteiger partial charge in [-0.3, -0.25) is 4.98 Å². The Balaban J connectivity index is 1.52. The zero-order chi connectivity index (χ0) is 27.4. The van der Waals surface area contributed by atoms with E-state index in [1.165, 1.54) is 6.07 Å². The number of hydrogen-bond acceptors (Lipinski definition) is 4. The van der Waals surface area contributed by atoms with E-state index in [-0.39, 0.29) is 18.7 Å². The fourth-order valence-electron chi connectivity index (χ4n) is 4.66. The number of alkyl halides is 3. The van der Waals surface area contributed by atoms with Crippen molar-refractivity contribution in [3.63, 3.8) is 0 Å². The van der Waals surface area contributed by atoms with Gasteiger partial charge in [-0.25, -0.2) is 0 Å². The lowest BCUT2D eigenvalue weighted by atomic mass is 9.91. The zero-order valence-corrected chi connectivity index (χ0v) is 20.9. The average molecular weight is 530 g/mol. The van der Waals surface area contributed by atoms with Gasteiger partial charge in [0.05, 0.1) is 17.7 Å². The van der Waals surface area contributed by atoms with Crippen LogP contribution in [0.4, 0.5) is 13.2 Å². The molecule has 0 aliphatic rings. The Morgan fingerprint density at radius 1 is 0.821 bits per heavy atom. The first-order valence-corrected chi connectivity index (χ1v) is 12.5. The molecule has 0 aliphatic carbocycles. The molecule has 0 aliphatic heterocycles. The minimum absolute atomic E-state index is 0.0800. The van der Waals surface area contributed by atoms with Gasteiger partial charge in [-0.05, 0) is 64.1 Å². The molecule has 1 unspecified atom stereocenters. The number of benzene rings is 4. The van der Waals surface area contributed by atoms with Gasteiger partial charge in [0.1, 0.15) is 18.5 Å². The summed E-state index contributed by atoms with van der Waals surface area (Å²) >= 11 is 0. The third kappa shape index (κ3) is 5.95. The van der Waals surface area contributed by atoms with E-state index < -0.39 is 17.8 Å². The fourth-order valence-corrected chi connectivity index (χ4v) is 4.66. The molecule has 5 rings (SSSR count). The van der Waals surface area contributed by atoms with Crippen LogP contribution < -0.4 is 4.74 Å². The topological polar surface area (TPSA) is 62.6 Å². The lowest BCUT2D eigenvalue weighted by molar-refractivity contribution is -0.136. The zero-order valence-electron chi connectivity index (χ0n) is 20.9. The number of rotatable bonds is 8. The molecule has 0 saturated carbocycles. The van der Waals surface area contributed by atoms with E-state index in [1.54, 1.807) is 36.5 Å². The molecule has 0 spiro atoms. The van der Waals surface area contributed by atoms with Gasteiger partial charge in [-0.1, -0.05) is 72.8 Å². The summed E-state index contributed by atoms with van der Waals surface area (Å²) in [6.07, 6.45) is -3.41. The molecule has 7 heteroatoms. The van der Waals surface area contributed by atoms with Crippen LogP contribution in [-0.4, -0.2) is 21.8 Å². The average Bonchev–Trinajstić information content (AvgIpc) is 2.95. The minimum Gasteiger partial charge on any atom is -0.489 e. The number of hydrogen-bond donors (Lipinski definition) is 2. The number of pyridine rings is 1. The highest BCUT2D eigenvalue weighted by atomic mass is 19.4. The van der Waals surface area contributed by atoms with Crippen molar-refractivity contribution in [3.8, 4) is 16.9 Å². The second-order valence-electron chi connectivity index (χ2n) is 9.28. The number of para-hydroxylation sites is 1. The molecular formula is C32H26F3NO3. The summed E-state index contributed by atoms with van der Waals surface area (Å²) in [5.74, 6) is 0.586. The van der Waals surface area contributed by atoms with Crippen LogP contribution in [0.2, 0.25) is 0 Å². The first-order valence-electron chi connectivity index (χ1n) is 12.5. The van der Waals surface area contributed by atoms with Crippen molar-refractivity contribution < 1.29 is 28.1 Å². The Bertz CT molecular complexity index is 1570. The second kappa shape index (κ2) is 11.3. The van der Waals surface area contributed by atoms with Gasteiger partial charge in [0.2, 0.25) is 0 Å². The highest BCUT2D eigenvalue weighted by molar-refractivity contribution is 5.98. The Morgan fingerprint density at radius 2 is 1.54 bits per heavy atom. The molecule has 1 heterocycles. The van der Waals surface area contributed by atoms with Gasteiger partial charge in [0.15, 0.2) is 0 Å². The Kier molecular flexibility index (Phi) is 7.63. The highest BCUT2D eigenvalue weighted by Crippen LogP contribution is 2.39. The molecule has 5 aromatic rings. The van der Waals surface area contributed by atoms with Crippen molar-refractivity contribution in [1.29, 1.82) is 0 Å². The Morgan fingerprint density at radius 3 is 2.26 bits per heavy atom. The first kappa shape index (κ1) is 26.4. The van der Waals surface area contributed by atoms with Crippen molar-refractivity contribution in [3.05, 3.63) is 131 Å². The molecule has 39 heavy (non-hydrogen) atoms. The second-order valence-corrected chi connectivity index (χ2v) is 9.28. The molecule has 0 amide bonds. The minimum atomic E-state index is -4.52. The molecule has 4 aromatic carbocycles. The van der Waals surface area contributed by atoms with Crippen molar-refractivity contribution in [2.45, 2.75) is 25.3 Å². The van der Waals surface area contributed by atoms with E-state index in [9.17, 15) is 18.3 Å². The van der Waals surface area contributed by atoms with Gasteiger partial charge in [-0.15, -0.1) is 0 Å². The van der Waals surface area contributed by atoms with Crippen LogP contribution in [-0.2, 0) is 19.2 Å². The number of aromatic nitrogens is 1. The molecule has 1 aromatic heterocycles. The number of aliphatic hydroxyl groups is 2. The molecule has 1 atom stereocenters. The summed E-state index contributed by atoms with van der Waals surface area (Å²) in [6.45, 7) is -0.131. The third-order valence-electron chi connectivity index (χ3n) is 6.58. The highest BCUT2D eigenvalue weighted by Gasteiger charge is 2.33. The summed E-state index contributed by atoms with van der Waals surface area (Å²) in [6, 6.07) is 28.3. The van der Waals surface area contributed by atoms with Gasteiger partial charge in [-0.2, -0.15) is 13.2 Å². The van der Waals surface area contributed by atoms with Gasteiger partial charge >= 0.3 is 6.18 Å². The summed E-state index contributed by atoms with van der Waals surface area (Å²) in [7, 11) is 0. The largest absolute Gasteiger partial charge is 0.489 e. The monoisotopic (exact) mass is 529 g/mol. The van der Waals surface area contributed by atoms with Crippen molar-refractivity contribution >= 4 is 10.9 Å². The van der Waals surface area contributed by atoms with E-state index in [4.69, 9.17) is 9.84 Å². The van der Waals surface area contributed by atoms with Crippen LogP contribution in [0, 0.1) is 0 Å².